The molecule has 0 saturated heterocycles. The summed E-state index contributed by atoms with van der Waals surface area (Å²) in [6.07, 6.45) is 4.20. The molecule has 0 aromatic carbocycles. The minimum absolute atomic E-state index is 0.111. The first-order chi connectivity index (χ1) is 5.76. The number of hydrogen-bond acceptors (Lipinski definition) is 2. The maximum atomic E-state index is 11.4. The summed E-state index contributed by atoms with van der Waals surface area (Å²) in [5, 5.41) is 8.73. The number of rotatable bonds is 7. The number of aliphatic hydroxyl groups is 1. The fraction of sp³-hybridized carbons (Fsp3) is 0.900. The van der Waals surface area contributed by atoms with Crippen molar-refractivity contribution in [3.8, 4) is 0 Å². The first-order valence-corrected chi connectivity index (χ1v) is 4.89. The minimum Gasteiger partial charge on any atom is -0.396 e. The maximum absolute atomic E-state index is 11.4. The Kier molecular flexibility index (Phi) is 7.06. The standard InChI is InChI=1S/C10H20O2/c1-3-5-9(7-8-11)10(12)6-4-2/h9,11H,3-8H2,1-2H3. The van der Waals surface area contributed by atoms with E-state index in [1.807, 2.05) is 6.92 Å². The quantitative estimate of drug-likeness (QED) is 0.639. The van der Waals surface area contributed by atoms with E-state index in [2.05, 4.69) is 6.92 Å². The summed E-state index contributed by atoms with van der Waals surface area (Å²) in [4.78, 5) is 11.4. The van der Waals surface area contributed by atoms with Gasteiger partial charge < -0.3 is 5.11 Å². The smallest absolute Gasteiger partial charge is 0.136 e. The fourth-order valence-electron chi connectivity index (χ4n) is 1.42. The molecule has 0 rings (SSSR count). The highest BCUT2D eigenvalue weighted by molar-refractivity contribution is 5.80. The topological polar surface area (TPSA) is 37.3 Å². The van der Waals surface area contributed by atoms with Crippen molar-refractivity contribution in [1.82, 2.24) is 0 Å². The van der Waals surface area contributed by atoms with E-state index in [0.29, 0.717) is 18.6 Å². The summed E-state index contributed by atoms with van der Waals surface area (Å²) in [5.41, 5.74) is 0. The molecule has 1 N–H and O–H groups in total. The number of carbonyl (C=O) groups is 1. The van der Waals surface area contributed by atoms with Crippen molar-refractivity contribution < 1.29 is 9.90 Å². The van der Waals surface area contributed by atoms with Crippen molar-refractivity contribution in [3.05, 3.63) is 0 Å². The molecule has 0 aliphatic rings. The van der Waals surface area contributed by atoms with E-state index in [0.717, 1.165) is 19.3 Å². The van der Waals surface area contributed by atoms with E-state index < -0.39 is 0 Å². The molecule has 0 heterocycles. The molecule has 1 atom stereocenters. The van der Waals surface area contributed by atoms with E-state index in [-0.39, 0.29) is 12.5 Å². The van der Waals surface area contributed by atoms with Gasteiger partial charge in [0.1, 0.15) is 5.78 Å². The molecular formula is C10H20O2. The SMILES string of the molecule is CCCC(=O)C(CCC)CCO. The highest BCUT2D eigenvalue weighted by Gasteiger charge is 2.15. The lowest BCUT2D eigenvalue weighted by atomic mass is 9.93. The Hall–Kier alpha value is -0.370. The summed E-state index contributed by atoms with van der Waals surface area (Å²) in [5.74, 6) is 0.438. The van der Waals surface area contributed by atoms with Crippen LogP contribution in [0.4, 0.5) is 0 Å². The van der Waals surface area contributed by atoms with Gasteiger partial charge >= 0.3 is 0 Å². The monoisotopic (exact) mass is 172 g/mol. The second kappa shape index (κ2) is 7.29. The third kappa shape index (κ3) is 4.50. The maximum Gasteiger partial charge on any atom is 0.136 e. The van der Waals surface area contributed by atoms with Crippen molar-refractivity contribution >= 4 is 5.78 Å². The van der Waals surface area contributed by atoms with Gasteiger partial charge in [-0.05, 0) is 19.3 Å². The predicted molar refractivity (Wildman–Crippen MR) is 50.0 cm³/mol. The third-order valence-electron chi connectivity index (χ3n) is 2.07. The van der Waals surface area contributed by atoms with E-state index in [1.54, 1.807) is 0 Å². The average Bonchev–Trinajstić information content (AvgIpc) is 2.04. The average molecular weight is 172 g/mol. The van der Waals surface area contributed by atoms with Crippen LogP contribution in [0.3, 0.4) is 0 Å². The molecule has 0 bridgehead atoms. The molecule has 2 nitrogen and oxygen atoms in total. The van der Waals surface area contributed by atoms with Gasteiger partial charge in [-0.2, -0.15) is 0 Å². The lowest BCUT2D eigenvalue weighted by molar-refractivity contribution is -0.123. The van der Waals surface area contributed by atoms with Crippen molar-refractivity contribution in [1.29, 1.82) is 0 Å². The lowest BCUT2D eigenvalue weighted by Gasteiger charge is -2.12. The van der Waals surface area contributed by atoms with Crippen LogP contribution in [0.15, 0.2) is 0 Å². The molecule has 0 aromatic rings. The fourth-order valence-corrected chi connectivity index (χ4v) is 1.42. The molecular weight excluding hydrogens is 152 g/mol. The highest BCUT2D eigenvalue weighted by Crippen LogP contribution is 2.14. The Labute approximate surface area is 75.0 Å². The van der Waals surface area contributed by atoms with Gasteiger partial charge in [-0.25, -0.2) is 0 Å². The zero-order valence-corrected chi connectivity index (χ0v) is 8.18. The number of ketones is 1. The molecule has 0 aliphatic heterocycles. The summed E-state index contributed by atoms with van der Waals surface area (Å²) >= 11 is 0. The molecule has 0 fully saturated rings. The van der Waals surface area contributed by atoms with E-state index >= 15 is 0 Å². The zero-order chi connectivity index (χ0) is 9.40. The lowest BCUT2D eigenvalue weighted by Crippen LogP contribution is -2.15. The van der Waals surface area contributed by atoms with Crippen LogP contribution < -0.4 is 0 Å². The van der Waals surface area contributed by atoms with Crippen molar-refractivity contribution in [2.45, 2.75) is 46.0 Å². The number of carbonyl (C=O) groups excluding carboxylic acids is 1. The molecule has 0 spiro atoms. The Balaban J connectivity index is 3.81. The van der Waals surface area contributed by atoms with Crippen LogP contribution >= 0.6 is 0 Å². The van der Waals surface area contributed by atoms with E-state index in [9.17, 15) is 4.79 Å². The van der Waals surface area contributed by atoms with Crippen LogP contribution in [-0.4, -0.2) is 17.5 Å². The van der Waals surface area contributed by atoms with Gasteiger partial charge in [0.2, 0.25) is 0 Å². The van der Waals surface area contributed by atoms with Crippen LogP contribution in [0.2, 0.25) is 0 Å². The second-order valence-electron chi connectivity index (χ2n) is 3.21. The molecule has 12 heavy (non-hydrogen) atoms. The van der Waals surface area contributed by atoms with E-state index in [4.69, 9.17) is 5.11 Å². The summed E-state index contributed by atoms with van der Waals surface area (Å²) in [6, 6.07) is 0. The summed E-state index contributed by atoms with van der Waals surface area (Å²) in [6.45, 7) is 4.23. The van der Waals surface area contributed by atoms with Gasteiger partial charge in [0.05, 0.1) is 0 Å². The van der Waals surface area contributed by atoms with Crippen molar-refractivity contribution in [2.24, 2.45) is 5.92 Å². The molecule has 72 valence electrons. The molecule has 2 heteroatoms. The second-order valence-corrected chi connectivity index (χ2v) is 3.21. The highest BCUT2D eigenvalue weighted by atomic mass is 16.3. The van der Waals surface area contributed by atoms with Crippen molar-refractivity contribution in [2.75, 3.05) is 6.61 Å². The van der Waals surface area contributed by atoms with Crippen LogP contribution in [0.5, 0.6) is 0 Å². The molecule has 0 radical (unpaired) electrons. The third-order valence-corrected chi connectivity index (χ3v) is 2.07. The first kappa shape index (κ1) is 11.6. The van der Waals surface area contributed by atoms with Crippen LogP contribution in [0, 0.1) is 5.92 Å². The zero-order valence-electron chi connectivity index (χ0n) is 8.18. The van der Waals surface area contributed by atoms with Crippen LogP contribution in [0.25, 0.3) is 0 Å². The normalized spacial score (nSPS) is 12.9. The van der Waals surface area contributed by atoms with Gasteiger partial charge in [0.15, 0.2) is 0 Å². The van der Waals surface area contributed by atoms with Crippen LogP contribution in [-0.2, 0) is 4.79 Å². The van der Waals surface area contributed by atoms with Gasteiger partial charge in [0, 0.05) is 18.9 Å². The molecule has 0 aliphatic carbocycles. The van der Waals surface area contributed by atoms with Gasteiger partial charge in [-0.3, -0.25) is 4.79 Å². The predicted octanol–water partition coefficient (Wildman–Crippen LogP) is 2.15. The Morgan fingerprint density at radius 1 is 1.25 bits per heavy atom. The number of hydrogen-bond donors (Lipinski definition) is 1. The van der Waals surface area contributed by atoms with Crippen molar-refractivity contribution in [3.63, 3.8) is 0 Å². The van der Waals surface area contributed by atoms with Gasteiger partial charge in [-0.1, -0.05) is 20.3 Å². The van der Waals surface area contributed by atoms with Gasteiger partial charge in [-0.15, -0.1) is 0 Å². The summed E-state index contributed by atoms with van der Waals surface area (Å²) < 4.78 is 0. The number of aliphatic hydroxyl groups excluding tert-OH is 1. The largest absolute Gasteiger partial charge is 0.396 e. The molecule has 1 unspecified atom stereocenters. The Bertz CT molecular complexity index is 115. The minimum atomic E-state index is 0.111. The van der Waals surface area contributed by atoms with E-state index in [1.165, 1.54) is 0 Å². The van der Waals surface area contributed by atoms with Crippen LogP contribution in [0.1, 0.15) is 46.0 Å². The Morgan fingerprint density at radius 3 is 2.33 bits per heavy atom. The Morgan fingerprint density at radius 2 is 1.92 bits per heavy atom. The molecule has 0 saturated carbocycles. The molecule has 0 aromatic heterocycles. The first-order valence-electron chi connectivity index (χ1n) is 4.89. The van der Waals surface area contributed by atoms with Gasteiger partial charge in [0.25, 0.3) is 0 Å². The number of Topliss-reactive ketones (excluding diaryl/α,β-unsaturated/α-hetero) is 1. The molecule has 0 amide bonds. The summed E-state index contributed by atoms with van der Waals surface area (Å²) in [7, 11) is 0.